The van der Waals surface area contributed by atoms with E-state index in [1.165, 1.54) is 6.07 Å². The van der Waals surface area contributed by atoms with Gasteiger partial charge in [-0.2, -0.15) is 0 Å². The molecular weight excluding hydrogens is 479 g/mol. The quantitative estimate of drug-likeness (QED) is 0.267. The zero-order valence-electron chi connectivity index (χ0n) is 18.3. The second-order valence-electron chi connectivity index (χ2n) is 8.34. The van der Waals surface area contributed by atoms with Crippen LogP contribution in [0.3, 0.4) is 0 Å². The molecule has 6 rings (SSSR count). The van der Waals surface area contributed by atoms with Crippen LogP contribution in [-0.4, -0.2) is 20.2 Å². The Morgan fingerprint density at radius 1 is 0.714 bits per heavy atom. The smallest absolute Gasteiger partial charge is 0.337 e. The maximum atomic E-state index is 12.1. The number of hydrogen-bond donors (Lipinski definition) is 1. The van der Waals surface area contributed by atoms with Crippen LogP contribution in [0.1, 0.15) is 10.4 Å². The molecule has 0 aliphatic rings. The van der Waals surface area contributed by atoms with Gasteiger partial charge < -0.3 is 14.2 Å². The normalized spacial score (nSPS) is 11.4. The highest BCUT2D eigenvalue weighted by atomic mass is 35.5. The van der Waals surface area contributed by atoms with Gasteiger partial charge in [0.25, 0.3) is 0 Å². The van der Waals surface area contributed by atoms with Crippen LogP contribution in [0.15, 0.2) is 103 Å². The fraction of sp³-hybridized carbons (Fsp3) is 0. The molecule has 0 fully saturated rings. The number of aromatic nitrogens is 2. The van der Waals surface area contributed by atoms with Crippen molar-refractivity contribution < 1.29 is 9.90 Å². The van der Waals surface area contributed by atoms with Crippen molar-refractivity contribution >= 4 is 51.0 Å². The van der Waals surface area contributed by atoms with Crippen molar-refractivity contribution in [1.29, 1.82) is 0 Å². The molecule has 0 saturated heterocycles. The van der Waals surface area contributed by atoms with Crippen LogP contribution in [0.4, 0.5) is 0 Å². The van der Waals surface area contributed by atoms with E-state index >= 15 is 0 Å². The van der Waals surface area contributed by atoms with Crippen molar-refractivity contribution in [2.24, 2.45) is 0 Å². The highest BCUT2D eigenvalue weighted by molar-refractivity contribution is 6.32. The molecule has 0 amide bonds. The molecule has 6 heteroatoms. The summed E-state index contributed by atoms with van der Waals surface area (Å²) in [4.78, 5) is 12.1. The fourth-order valence-corrected chi connectivity index (χ4v) is 5.09. The molecule has 2 aromatic heterocycles. The summed E-state index contributed by atoms with van der Waals surface area (Å²) in [6.45, 7) is 0. The van der Waals surface area contributed by atoms with Gasteiger partial charge in [-0.15, -0.1) is 0 Å². The Morgan fingerprint density at radius 2 is 1.46 bits per heavy atom. The molecule has 170 valence electrons. The SMILES string of the molecule is O=C(O)c1cc(Cl)cc2ccn(-c3cc(-n4ccc5cc(Cl)ccc54)ccc3-c3ccccc3)c12. The summed E-state index contributed by atoms with van der Waals surface area (Å²) in [7, 11) is 0. The van der Waals surface area contributed by atoms with Gasteiger partial charge in [-0.05, 0) is 60.2 Å². The lowest BCUT2D eigenvalue weighted by atomic mass is 10.0. The van der Waals surface area contributed by atoms with E-state index in [9.17, 15) is 9.90 Å². The van der Waals surface area contributed by atoms with Gasteiger partial charge in [-0.25, -0.2) is 4.79 Å². The number of carbonyl (C=O) groups is 1. The first-order chi connectivity index (χ1) is 17.0. The summed E-state index contributed by atoms with van der Waals surface area (Å²) in [5, 5.41) is 12.8. The van der Waals surface area contributed by atoms with Crippen LogP contribution < -0.4 is 0 Å². The molecule has 0 aliphatic heterocycles. The van der Waals surface area contributed by atoms with Crippen LogP contribution in [0.2, 0.25) is 10.0 Å². The van der Waals surface area contributed by atoms with Crippen molar-refractivity contribution in [2.45, 2.75) is 0 Å². The lowest BCUT2D eigenvalue weighted by Crippen LogP contribution is -2.04. The largest absolute Gasteiger partial charge is 0.478 e. The second-order valence-corrected chi connectivity index (χ2v) is 9.21. The van der Waals surface area contributed by atoms with Crippen molar-refractivity contribution in [3.63, 3.8) is 0 Å². The Labute approximate surface area is 211 Å². The Bertz CT molecular complexity index is 1750. The molecule has 0 saturated carbocycles. The number of hydrogen-bond acceptors (Lipinski definition) is 1. The minimum atomic E-state index is -1.02. The number of halogens is 2. The lowest BCUT2D eigenvalue weighted by molar-refractivity contribution is 0.0698. The topological polar surface area (TPSA) is 47.2 Å². The molecule has 4 nitrogen and oxygen atoms in total. The number of benzene rings is 4. The van der Waals surface area contributed by atoms with E-state index in [2.05, 4.69) is 22.8 Å². The Morgan fingerprint density at radius 3 is 2.26 bits per heavy atom. The number of carboxylic acids is 1. The lowest BCUT2D eigenvalue weighted by Gasteiger charge is -2.17. The standard InChI is InChI=1S/C29H18Cl2N2O2/c30-21-6-9-26-19(14-21)10-12-32(26)23-7-8-24(18-4-2-1-3-5-18)27(17-23)33-13-11-20-15-22(31)16-25(28(20)33)29(34)35/h1-17H,(H,34,35). The summed E-state index contributed by atoms with van der Waals surface area (Å²) in [5.74, 6) is -1.02. The minimum absolute atomic E-state index is 0.156. The van der Waals surface area contributed by atoms with Gasteiger partial charge in [0, 0.05) is 44.5 Å². The number of aromatic carboxylic acids is 1. The monoisotopic (exact) mass is 496 g/mol. The first kappa shape index (κ1) is 21.5. The van der Waals surface area contributed by atoms with Crippen molar-refractivity contribution in [3.8, 4) is 22.5 Å². The van der Waals surface area contributed by atoms with Gasteiger partial charge in [0.1, 0.15) is 0 Å². The molecule has 0 atom stereocenters. The van der Waals surface area contributed by atoms with Crippen LogP contribution in [0.5, 0.6) is 0 Å². The third-order valence-electron chi connectivity index (χ3n) is 6.23. The third kappa shape index (κ3) is 3.68. The van der Waals surface area contributed by atoms with Gasteiger partial charge in [0.15, 0.2) is 0 Å². The number of rotatable bonds is 4. The summed E-state index contributed by atoms with van der Waals surface area (Å²) in [5.41, 5.74) is 5.61. The molecule has 2 heterocycles. The summed E-state index contributed by atoms with van der Waals surface area (Å²) < 4.78 is 4.04. The van der Waals surface area contributed by atoms with Crippen molar-refractivity contribution in [2.75, 3.05) is 0 Å². The number of nitrogens with zero attached hydrogens (tertiary/aromatic N) is 2. The number of fused-ring (bicyclic) bond motifs is 2. The average molecular weight is 497 g/mol. The van der Waals surface area contributed by atoms with Gasteiger partial charge in [-0.3, -0.25) is 0 Å². The molecule has 0 spiro atoms. The molecule has 0 bridgehead atoms. The van der Waals surface area contributed by atoms with E-state index in [1.807, 2.05) is 77.6 Å². The van der Waals surface area contributed by atoms with Gasteiger partial charge in [0.2, 0.25) is 0 Å². The molecule has 0 radical (unpaired) electrons. The third-order valence-corrected chi connectivity index (χ3v) is 6.69. The summed E-state index contributed by atoms with van der Waals surface area (Å²) in [6, 6.07) is 29.3. The maximum Gasteiger partial charge on any atom is 0.337 e. The molecule has 0 aliphatic carbocycles. The average Bonchev–Trinajstić information content (AvgIpc) is 3.47. The van der Waals surface area contributed by atoms with Crippen LogP contribution in [0, 0.1) is 0 Å². The Hall–Kier alpha value is -3.99. The molecule has 4 aromatic carbocycles. The van der Waals surface area contributed by atoms with Gasteiger partial charge >= 0.3 is 5.97 Å². The molecule has 1 N–H and O–H groups in total. The second kappa shape index (κ2) is 8.35. The van der Waals surface area contributed by atoms with E-state index in [0.29, 0.717) is 15.6 Å². The van der Waals surface area contributed by atoms with E-state index in [4.69, 9.17) is 23.2 Å². The predicted octanol–water partition coefficient (Wildman–Crippen LogP) is 8.25. The fourth-order valence-electron chi connectivity index (χ4n) is 4.68. The van der Waals surface area contributed by atoms with Gasteiger partial charge in [0.05, 0.1) is 22.3 Å². The highest BCUT2D eigenvalue weighted by Crippen LogP contribution is 2.35. The van der Waals surface area contributed by atoms with Gasteiger partial charge in [-0.1, -0.05) is 59.6 Å². The molecule has 0 unspecified atom stereocenters. The maximum absolute atomic E-state index is 12.1. The first-order valence-corrected chi connectivity index (χ1v) is 11.8. The molecule has 6 aromatic rings. The zero-order chi connectivity index (χ0) is 24.1. The zero-order valence-corrected chi connectivity index (χ0v) is 19.8. The summed E-state index contributed by atoms with van der Waals surface area (Å²) >= 11 is 12.4. The Kier molecular flexibility index (Phi) is 5.14. The van der Waals surface area contributed by atoms with Crippen molar-refractivity contribution in [1.82, 2.24) is 9.13 Å². The highest BCUT2D eigenvalue weighted by Gasteiger charge is 2.18. The predicted molar refractivity (Wildman–Crippen MR) is 143 cm³/mol. The van der Waals surface area contributed by atoms with Crippen molar-refractivity contribution in [3.05, 3.63) is 119 Å². The summed E-state index contributed by atoms with van der Waals surface area (Å²) in [6.07, 6.45) is 3.91. The minimum Gasteiger partial charge on any atom is -0.478 e. The van der Waals surface area contributed by atoms with Crippen LogP contribution in [0.25, 0.3) is 44.3 Å². The number of carboxylic acid groups (broad SMARTS) is 1. The Balaban J connectivity index is 1.65. The van der Waals surface area contributed by atoms with E-state index < -0.39 is 5.97 Å². The van der Waals surface area contributed by atoms with Crippen LogP contribution >= 0.6 is 23.2 Å². The van der Waals surface area contributed by atoms with E-state index in [1.54, 1.807) is 6.07 Å². The molecular formula is C29H18Cl2N2O2. The van der Waals surface area contributed by atoms with E-state index in [0.717, 1.165) is 38.8 Å². The van der Waals surface area contributed by atoms with E-state index in [-0.39, 0.29) is 5.56 Å². The van der Waals surface area contributed by atoms with Crippen LogP contribution in [-0.2, 0) is 0 Å². The molecule has 35 heavy (non-hydrogen) atoms. The first-order valence-electron chi connectivity index (χ1n) is 11.0.